The van der Waals surface area contributed by atoms with Crippen molar-refractivity contribution < 1.29 is 14.7 Å². The molecule has 5 heteroatoms. The highest BCUT2D eigenvalue weighted by molar-refractivity contribution is 8.00. The molecule has 0 saturated heterocycles. The van der Waals surface area contributed by atoms with Crippen LogP contribution >= 0.6 is 11.8 Å². The van der Waals surface area contributed by atoms with Gasteiger partial charge in [-0.1, -0.05) is 34.6 Å². The number of carboxylic acids is 1. The van der Waals surface area contributed by atoms with Gasteiger partial charge in [0.2, 0.25) is 5.91 Å². The highest BCUT2D eigenvalue weighted by Crippen LogP contribution is 2.20. The Labute approximate surface area is 114 Å². The van der Waals surface area contributed by atoms with Crippen LogP contribution in [-0.4, -0.2) is 34.0 Å². The Balaban J connectivity index is 4.60. The van der Waals surface area contributed by atoms with Crippen LogP contribution in [-0.2, 0) is 9.59 Å². The second kappa shape index (κ2) is 8.40. The number of carboxylic acid groups (broad SMARTS) is 1. The molecule has 0 aromatic carbocycles. The molecule has 18 heavy (non-hydrogen) atoms. The highest BCUT2D eigenvalue weighted by atomic mass is 32.2. The van der Waals surface area contributed by atoms with Crippen LogP contribution in [0.2, 0.25) is 0 Å². The van der Waals surface area contributed by atoms with E-state index in [1.807, 2.05) is 34.6 Å². The summed E-state index contributed by atoms with van der Waals surface area (Å²) in [6.45, 7) is 9.85. The van der Waals surface area contributed by atoms with E-state index in [2.05, 4.69) is 5.32 Å². The first-order chi connectivity index (χ1) is 8.29. The molecule has 0 aliphatic carbocycles. The topological polar surface area (TPSA) is 66.4 Å². The number of hydrogen-bond donors (Lipinski definition) is 2. The van der Waals surface area contributed by atoms with Crippen LogP contribution in [0.4, 0.5) is 0 Å². The fourth-order valence-corrected chi connectivity index (χ4v) is 2.66. The molecule has 1 unspecified atom stereocenters. The summed E-state index contributed by atoms with van der Waals surface area (Å²) in [7, 11) is 0. The standard InChI is InChI=1S/C13H25NO3S/c1-6-18-11(9(4)5)12(15)14-10(13(16)17)7-8(2)3/h8-11H,6-7H2,1-5H3,(H,14,15)(H,16,17)/t10-,11?/m1/s1. The molecule has 106 valence electrons. The molecule has 0 radical (unpaired) electrons. The number of amides is 1. The van der Waals surface area contributed by atoms with Gasteiger partial charge in [0.1, 0.15) is 6.04 Å². The van der Waals surface area contributed by atoms with Crippen molar-refractivity contribution in [2.75, 3.05) is 5.75 Å². The maximum atomic E-state index is 12.1. The Morgan fingerprint density at radius 1 is 1.22 bits per heavy atom. The predicted molar refractivity (Wildman–Crippen MR) is 75.8 cm³/mol. The third-order valence-corrected chi connectivity index (χ3v) is 3.98. The van der Waals surface area contributed by atoms with Gasteiger partial charge in [-0.25, -0.2) is 4.79 Å². The number of carbonyl (C=O) groups excluding carboxylic acids is 1. The molecule has 0 aliphatic heterocycles. The van der Waals surface area contributed by atoms with E-state index in [0.29, 0.717) is 6.42 Å². The molecule has 0 bridgehead atoms. The van der Waals surface area contributed by atoms with Gasteiger partial charge in [0, 0.05) is 0 Å². The van der Waals surface area contributed by atoms with E-state index in [4.69, 9.17) is 5.11 Å². The molecule has 2 atom stereocenters. The van der Waals surface area contributed by atoms with Crippen molar-refractivity contribution >= 4 is 23.6 Å². The van der Waals surface area contributed by atoms with Crippen molar-refractivity contribution in [3.63, 3.8) is 0 Å². The zero-order valence-electron chi connectivity index (χ0n) is 11.9. The van der Waals surface area contributed by atoms with Crippen LogP contribution in [0, 0.1) is 11.8 Å². The first kappa shape index (κ1) is 17.3. The molecule has 0 aliphatic rings. The summed E-state index contributed by atoms with van der Waals surface area (Å²) in [4.78, 5) is 23.2. The molecule has 0 saturated carbocycles. The van der Waals surface area contributed by atoms with E-state index >= 15 is 0 Å². The summed E-state index contributed by atoms with van der Waals surface area (Å²) in [5.41, 5.74) is 0. The van der Waals surface area contributed by atoms with Gasteiger partial charge in [-0.3, -0.25) is 4.79 Å². The van der Waals surface area contributed by atoms with Gasteiger partial charge < -0.3 is 10.4 Å². The quantitative estimate of drug-likeness (QED) is 0.714. The first-order valence-electron chi connectivity index (χ1n) is 6.44. The van der Waals surface area contributed by atoms with E-state index in [1.54, 1.807) is 11.8 Å². The van der Waals surface area contributed by atoms with Crippen molar-refractivity contribution in [3.05, 3.63) is 0 Å². The van der Waals surface area contributed by atoms with Crippen LogP contribution < -0.4 is 5.32 Å². The molecule has 0 aromatic rings. The fraction of sp³-hybridized carbons (Fsp3) is 0.846. The monoisotopic (exact) mass is 275 g/mol. The van der Waals surface area contributed by atoms with Gasteiger partial charge in [-0.05, 0) is 24.0 Å². The van der Waals surface area contributed by atoms with E-state index in [-0.39, 0.29) is 23.0 Å². The summed E-state index contributed by atoms with van der Waals surface area (Å²) in [6.07, 6.45) is 0.461. The molecule has 0 spiro atoms. The van der Waals surface area contributed by atoms with Gasteiger partial charge in [0.15, 0.2) is 0 Å². The van der Waals surface area contributed by atoms with Gasteiger partial charge in [0.25, 0.3) is 0 Å². The Morgan fingerprint density at radius 3 is 2.11 bits per heavy atom. The second-order valence-electron chi connectivity index (χ2n) is 5.15. The molecule has 0 fully saturated rings. The Bertz CT molecular complexity index is 279. The largest absolute Gasteiger partial charge is 0.480 e. The van der Waals surface area contributed by atoms with Crippen molar-refractivity contribution in [1.82, 2.24) is 5.32 Å². The van der Waals surface area contributed by atoms with Crippen molar-refractivity contribution in [3.8, 4) is 0 Å². The number of aliphatic carboxylic acids is 1. The summed E-state index contributed by atoms with van der Waals surface area (Å²) >= 11 is 1.56. The fourth-order valence-electron chi connectivity index (χ4n) is 1.70. The van der Waals surface area contributed by atoms with Gasteiger partial charge in [0.05, 0.1) is 5.25 Å². The average Bonchev–Trinajstić information content (AvgIpc) is 2.23. The molecule has 2 N–H and O–H groups in total. The minimum absolute atomic E-state index is 0.162. The molecule has 4 nitrogen and oxygen atoms in total. The summed E-state index contributed by atoms with van der Waals surface area (Å²) in [6, 6.07) is -0.781. The van der Waals surface area contributed by atoms with E-state index in [0.717, 1.165) is 5.75 Å². The lowest BCUT2D eigenvalue weighted by atomic mass is 10.0. The van der Waals surface area contributed by atoms with Crippen molar-refractivity contribution in [2.24, 2.45) is 11.8 Å². The number of carbonyl (C=O) groups is 2. The molecular weight excluding hydrogens is 250 g/mol. The van der Waals surface area contributed by atoms with Crippen LogP contribution in [0.5, 0.6) is 0 Å². The normalized spacial score (nSPS) is 14.6. The zero-order valence-corrected chi connectivity index (χ0v) is 12.7. The minimum atomic E-state index is -0.957. The van der Waals surface area contributed by atoms with Gasteiger partial charge in [-0.15, -0.1) is 11.8 Å². The predicted octanol–water partition coefficient (Wildman–Crippen LogP) is 2.38. The Morgan fingerprint density at radius 2 is 1.78 bits per heavy atom. The number of hydrogen-bond acceptors (Lipinski definition) is 3. The maximum Gasteiger partial charge on any atom is 0.326 e. The van der Waals surface area contributed by atoms with Crippen LogP contribution in [0.25, 0.3) is 0 Å². The molecule has 0 aromatic heterocycles. The van der Waals surface area contributed by atoms with Crippen molar-refractivity contribution in [2.45, 2.75) is 52.3 Å². The number of nitrogens with one attached hydrogen (secondary N) is 1. The summed E-state index contributed by atoms with van der Waals surface area (Å²) in [5.74, 6) is 0.162. The lowest BCUT2D eigenvalue weighted by Gasteiger charge is -2.23. The SMILES string of the molecule is CCSC(C(=O)N[C@H](CC(C)C)C(=O)O)C(C)C. The molecular formula is C13H25NO3S. The Kier molecular flexibility index (Phi) is 8.07. The molecule has 0 rings (SSSR count). The second-order valence-corrected chi connectivity index (χ2v) is 6.57. The molecule has 0 heterocycles. The lowest BCUT2D eigenvalue weighted by molar-refractivity contribution is -0.142. The summed E-state index contributed by atoms with van der Waals surface area (Å²) < 4.78 is 0. The first-order valence-corrected chi connectivity index (χ1v) is 7.49. The minimum Gasteiger partial charge on any atom is -0.480 e. The number of thioether (sulfide) groups is 1. The third-order valence-electron chi connectivity index (χ3n) is 2.53. The molecule has 1 amide bonds. The van der Waals surface area contributed by atoms with Crippen LogP contribution in [0.1, 0.15) is 41.0 Å². The average molecular weight is 275 g/mol. The zero-order chi connectivity index (χ0) is 14.3. The third kappa shape index (κ3) is 6.28. The van der Waals surface area contributed by atoms with E-state index in [9.17, 15) is 9.59 Å². The Hall–Kier alpha value is -0.710. The smallest absolute Gasteiger partial charge is 0.326 e. The van der Waals surface area contributed by atoms with Crippen LogP contribution in [0.15, 0.2) is 0 Å². The number of rotatable bonds is 8. The van der Waals surface area contributed by atoms with Crippen LogP contribution in [0.3, 0.4) is 0 Å². The van der Waals surface area contributed by atoms with E-state index in [1.165, 1.54) is 0 Å². The summed E-state index contributed by atoms with van der Waals surface area (Å²) in [5, 5.41) is 11.6. The lowest BCUT2D eigenvalue weighted by Crippen LogP contribution is -2.46. The van der Waals surface area contributed by atoms with E-state index < -0.39 is 12.0 Å². The maximum absolute atomic E-state index is 12.1. The van der Waals surface area contributed by atoms with Gasteiger partial charge >= 0.3 is 5.97 Å². The van der Waals surface area contributed by atoms with Gasteiger partial charge in [-0.2, -0.15) is 0 Å². The van der Waals surface area contributed by atoms with Crippen molar-refractivity contribution in [1.29, 1.82) is 0 Å². The highest BCUT2D eigenvalue weighted by Gasteiger charge is 2.27.